The molecule has 70 valence electrons. The Kier molecular flexibility index (Phi) is 3.24. The van der Waals surface area contributed by atoms with E-state index in [-0.39, 0.29) is 0 Å². The van der Waals surface area contributed by atoms with Crippen LogP contribution in [0.1, 0.15) is 0 Å². The topological polar surface area (TPSA) is 41.6 Å². The van der Waals surface area contributed by atoms with Gasteiger partial charge in [-0.05, 0) is 12.1 Å². The van der Waals surface area contributed by atoms with E-state index in [1.807, 2.05) is 24.3 Å². The lowest BCUT2D eigenvalue weighted by molar-refractivity contribution is 0.00819. The van der Waals surface area contributed by atoms with Crippen molar-refractivity contribution in [1.82, 2.24) is 15.4 Å². The molecule has 6 heteroatoms. The number of H-pyrrole nitrogens is 1. The van der Waals surface area contributed by atoms with Gasteiger partial charge < -0.3 is 0 Å². The Morgan fingerprint density at radius 3 is 1.77 bits per heavy atom. The summed E-state index contributed by atoms with van der Waals surface area (Å²) in [7, 11) is 0. The molecule has 3 nitrogen and oxygen atoms in total. The number of rotatable bonds is 0. The molecular weight excluding hydrogens is 183 g/mol. The third kappa shape index (κ3) is 3.10. The second-order valence-electron chi connectivity index (χ2n) is 2.06. The number of nitrogens with zero attached hydrogens (tertiary/aromatic N) is 2. The van der Waals surface area contributed by atoms with Gasteiger partial charge in [-0.3, -0.25) is 0 Å². The first-order chi connectivity index (χ1) is 6.20. The summed E-state index contributed by atoms with van der Waals surface area (Å²) in [5.74, 6) is 0. The Bertz CT molecular complexity index is 328. The highest BCUT2D eigenvalue weighted by Gasteiger charge is 1.90. The van der Waals surface area contributed by atoms with Crippen LogP contribution >= 0.6 is 0 Å². The quantitative estimate of drug-likeness (QED) is 0.689. The zero-order valence-corrected chi connectivity index (χ0v) is 6.42. The van der Waals surface area contributed by atoms with Crippen molar-refractivity contribution in [3.05, 3.63) is 24.3 Å². The molecule has 0 aliphatic rings. The number of halogens is 3. The van der Waals surface area contributed by atoms with E-state index in [2.05, 4.69) is 15.4 Å². The van der Waals surface area contributed by atoms with Crippen LogP contribution < -0.4 is 0 Å². The van der Waals surface area contributed by atoms with Crippen molar-refractivity contribution in [2.45, 2.75) is 6.68 Å². The Balaban J connectivity index is 0.000000184. The Hall–Kier alpha value is -1.59. The number of hydrogen-bond acceptors (Lipinski definition) is 2. The molecule has 0 amide bonds. The Morgan fingerprint density at radius 2 is 1.38 bits per heavy atom. The van der Waals surface area contributed by atoms with Crippen LogP contribution in [0.15, 0.2) is 24.3 Å². The predicted molar refractivity (Wildman–Crippen MR) is 41.0 cm³/mol. The fraction of sp³-hybridized carbons (Fsp3) is 0.143. The van der Waals surface area contributed by atoms with Gasteiger partial charge in [0.15, 0.2) is 0 Å². The number of alkyl halides is 3. The average molecular weight is 189 g/mol. The highest BCUT2D eigenvalue weighted by atomic mass is 19.4. The third-order valence-corrected chi connectivity index (χ3v) is 1.22. The zero-order chi connectivity index (χ0) is 9.68. The predicted octanol–water partition coefficient (Wildman–Crippen LogP) is 2.14. The summed E-state index contributed by atoms with van der Waals surface area (Å²) in [5.41, 5.74) is 1.83. The smallest absolute Gasteiger partial charge is 0.197 e. The van der Waals surface area contributed by atoms with Gasteiger partial charge in [-0.15, -0.1) is 0 Å². The van der Waals surface area contributed by atoms with E-state index < -0.39 is 6.68 Å². The third-order valence-electron chi connectivity index (χ3n) is 1.22. The molecule has 1 aromatic carbocycles. The maximum atomic E-state index is 9.67. The van der Waals surface area contributed by atoms with E-state index in [4.69, 9.17) is 0 Å². The second kappa shape index (κ2) is 4.44. The second-order valence-corrected chi connectivity index (χ2v) is 2.06. The minimum atomic E-state index is -3.67. The summed E-state index contributed by atoms with van der Waals surface area (Å²) in [5, 5.41) is 10.3. The van der Waals surface area contributed by atoms with E-state index in [1.54, 1.807) is 0 Å². The van der Waals surface area contributed by atoms with Crippen LogP contribution in [0.3, 0.4) is 0 Å². The molecule has 0 spiro atoms. The molecule has 1 heterocycles. The summed E-state index contributed by atoms with van der Waals surface area (Å²) in [6.07, 6.45) is 0. The molecule has 0 saturated heterocycles. The Morgan fingerprint density at radius 1 is 1.00 bits per heavy atom. The van der Waals surface area contributed by atoms with E-state index >= 15 is 0 Å². The number of nitrogens with one attached hydrogen (secondary N) is 1. The van der Waals surface area contributed by atoms with Crippen molar-refractivity contribution in [1.29, 1.82) is 0 Å². The first-order valence-electron chi connectivity index (χ1n) is 3.38. The van der Waals surface area contributed by atoms with Crippen molar-refractivity contribution in [2.24, 2.45) is 0 Å². The lowest BCUT2D eigenvalue weighted by atomic mass is 10.3. The van der Waals surface area contributed by atoms with Gasteiger partial charge in [-0.2, -0.15) is 28.6 Å². The van der Waals surface area contributed by atoms with Crippen LogP contribution in [-0.4, -0.2) is 22.1 Å². The van der Waals surface area contributed by atoms with Crippen LogP contribution in [0.25, 0.3) is 11.0 Å². The SMILES string of the molecule is FC(F)F.c1ccc2n[nH]nc2c1. The molecule has 0 bridgehead atoms. The number of aromatic amines is 1. The molecule has 0 unspecified atom stereocenters. The van der Waals surface area contributed by atoms with Crippen molar-refractivity contribution in [3.63, 3.8) is 0 Å². The van der Waals surface area contributed by atoms with E-state index in [1.165, 1.54) is 0 Å². The molecule has 0 saturated carbocycles. The van der Waals surface area contributed by atoms with Crippen molar-refractivity contribution >= 4 is 11.0 Å². The van der Waals surface area contributed by atoms with Crippen LogP contribution in [0.4, 0.5) is 13.2 Å². The van der Waals surface area contributed by atoms with E-state index in [9.17, 15) is 13.2 Å². The fourth-order valence-electron chi connectivity index (χ4n) is 0.786. The Labute approximate surface area is 71.6 Å². The first kappa shape index (κ1) is 9.50. The van der Waals surface area contributed by atoms with E-state index in [0.717, 1.165) is 11.0 Å². The molecule has 2 aromatic rings. The summed E-state index contributed by atoms with van der Waals surface area (Å²) in [6, 6.07) is 7.70. The first-order valence-corrected chi connectivity index (χ1v) is 3.38. The normalized spacial score (nSPS) is 9.85. The van der Waals surface area contributed by atoms with Crippen LogP contribution in [0, 0.1) is 0 Å². The van der Waals surface area contributed by atoms with Crippen molar-refractivity contribution in [3.8, 4) is 0 Å². The molecule has 2 rings (SSSR count). The maximum Gasteiger partial charge on any atom is 0.379 e. The van der Waals surface area contributed by atoms with Gasteiger partial charge in [0.25, 0.3) is 0 Å². The molecule has 0 radical (unpaired) electrons. The average Bonchev–Trinajstić information content (AvgIpc) is 2.49. The van der Waals surface area contributed by atoms with Gasteiger partial charge in [-0.1, -0.05) is 12.1 Å². The highest BCUT2D eigenvalue weighted by Crippen LogP contribution is 2.03. The number of aromatic nitrogens is 3. The van der Waals surface area contributed by atoms with Gasteiger partial charge in [0.05, 0.1) is 0 Å². The van der Waals surface area contributed by atoms with E-state index in [0.29, 0.717) is 0 Å². The van der Waals surface area contributed by atoms with Crippen molar-refractivity contribution < 1.29 is 13.2 Å². The minimum Gasteiger partial charge on any atom is -0.197 e. The molecule has 0 atom stereocenters. The molecule has 0 fully saturated rings. The summed E-state index contributed by atoms with van der Waals surface area (Å²) < 4.78 is 29.0. The summed E-state index contributed by atoms with van der Waals surface area (Å²) in [4.78, 5) is 0. The lowest BCUT2D eigenvalue weighted by Gasteiger charge is -1.78. The van der Waals surface area contributed by atoms with Gasteiger partial charge in [0, 0.05) is 0 Å². The summed E-state index contributed by atoms with van der Waals surface area (Å²) in [6.45, 7) is -3.67. The van der Waals surface area contributed by atoms with Gasteiger partial charge >= 0.3 is 6.68 Å². The molecule has 0 aliphatic heterocycles. The number of benzene rings is 1. The minimum absolute atomic E-state index is 0.914. The van der Waals surface area contributed by atoms with Crippen LogP contribution in [0.5, 0.6) is 0 Å². The van der Waals surface area contributed by atoms with Crippen molar-refractivity contribution in [2.75, 3.05) is 0 Å². The maximum absolute atomic E-state index is 9.67. The molecule has 1 N–H and O–H groups in total. The molecular formula is C7H6F3N3. The lowest BCUT2D eigenvalue weighted by Crippen LogP contribution is -1.65. The molecule has 1 aromatic heterocycles. The monoisotopic (exact) mass is 189 g/mol. The van der Waals surface area contributed by atoms with Gasteiger partial charge in [-0.25, -0.2) is 0 Å². The van der Waals surface area contributed by atoms with Gasteiger partial charge in [0.2, 0.25) is 0 Å². The fourth-order valence-corrected chi connectivity index (χ4v) is 0.786. The number of hydrogen-bond donors (Lipinski definition) is 1. The zero-order valence-electron chi connectivity index (χ0n) is 6.42. The van der Waals surface area contributed by atoms with Crippen LogP contribution in [0.2, 0.25) is 0 Å². The number of para-hydroxylation sites is 2. The number of fused-ring (bicyclic) bond motifs is 1. The highest BCUT2D eigenvalue weighted by molar-refractivity contribution is 5.72. The standard InChI is InChI=1S/C6H5N3.CHF3/c1-2-4-6-5(3-1)7-9-8-6;2-1(3)4/h1-4H,(H,7,8,9);1H. The summed E-state index contributed by atoms with van der Waals surface area (Å²) >= 11 is 0. The van der Waals surface area contributed by atoms with Crippen LogP contribution in [-0.2, 0) is 0 Å². The molecule has 0 aliphatic carbocycles. The largest absolute Gasteiger partial charge is 0.379 e. The molecule has 13 heavy (non-hydrogen) atoms. The van der Waals surface area contributed by atoms with Gasteiger partial charge in [0.1, 0.15) is 11.0 Å².